The van der Waals surface area contributed by atoms with Gasteiger partial charge in [0, 0.05) is 10.6 Å². The maximum Gasteiger partial charge on any atom is 0.332 e. The molecule has 2 atom stereocenters. The Balaban J connectivity index is 1.85. The van der Waals surface area contributed by atoms with Gasteiger partial charge in [-0.25, -0.2) is 9.18 Å². The first-order valence-electron chi connectivity index (χ1n) is 5.52. The number of carbonyl (C=O) groups is 1. The van der Waals surface area contributed by atoms with Crippen molar-refractivity contribution in [2.45, 2.75) is 29.9 Å². The Bertz CT molecular complexity index is 455. The van der Waals surface area contributed by atoms with Crippen LogP contribution in [0.4, 0.5) is 4.39 Å². The van der Waals surface area contributed by atoms with Crippen LogP contribution >= 0.6 is 23.4 Å². The van der Waals surface area contributed by atoms with Gasteiger partial charge in [-0.15, -0.1) is 11.8 Å². The summed E-state index contributed by atoms with van der Waals surface area (Å²) in [4.78, 5) is 11.6. The predicted molar refractivity (Wildman–Crippen MR) is 67.7 cm³/mol. The lowest BCUT2D eigenvalue weighted by molar-refractivity contribution is -0.148. The molecule has 0 aromatic heterocycles. The normalized spacial score (nSPS) is 23.2. The Hall–Kier alpha value is -0.780. The van der Waals surface area contributed by atoms with Crippen molar-refractivity contribution < 1.29 is 19.0 Å². The average molecular weight is 291 g/mol. The lowest BCUT2D eigenvalue weighted by Crippen LogP contribution is -2.21. The van der Waals surface area contributed by atoms with Gasteiger partial charge in [0.25, 0.3) is 0 Å². The van der Waals surface area contributed by atoms with E-state index >= 15 is 0 Å². The molecule has 1 fully saturated rings. The molecule has 0 amide bonds. The average Bonchev–Trinajstić information content (AvgIpc) is 2.79. The highest BCUT2D eigenvalue weighted by atomic mass is 35.5. The summed E-state index contributed by atoms with van der Waals surface area (Å²) >= 11 is 7.16. The minimum Gasteiger partial charge on any atom is -0.479 e. The molecule has 0 spiro atoms. The summed E-state index contributed by atoms with van der Waals surface area (Å²) in [6.45, 7) is 0. The van der Waals surface area contributed by atoms with E-state index in [1.165, 1.54) is 17.8 Å². The molecule has 98 valence electrons. The second kappa shape index (κ2) is 5.91. The zero-order valence-corrected chi connectivity index (χ0v) is 11.0. The second-order valence-electron chi connectivity index (χ2n) is 4.05. The van der Waals surface area contributed by atoms with E-state index < -0.39 is 17.9 Å². The van der Waals surface area contributed by atoms with Gasteiger partial charge < -0.3 is 9.84 Å². The molecule has 6 heteroatoms. The molecule has 18 heavy (non-hydrogen) atoms. The second-order valence-corrected chi connectivity index (χ2v) is 5.55. The topological polar surface area (TPSA) is 46.5 Å². The number of ether oxygens (including phenoxy) is 1. The number of rotatable bonds is 4. The minimum absolute atomic E-state index is 0.0695. The molecule has 0 radical (unpaired) electrons. The fourth-order valence-electron chi connectivity index (χ4n) is 1.77. The van der Waals surface area contributed by atoms with E-state index in [0.717, 1.165) is 11.3 Å². The first kappa shape index (κ1) is 13.6. The third kappa shape index (κ3) is 3.37. The van der Waals surface area contributed by atoms with Crippen LogP contribution in [0.2, 0.25) is 5.02 Å². The summed E-state index contributed by atoms with van der Waals surface area (Å²) in [6.07, 6.45) is 0.524. The SMILES string of the molecule is O=C(O)C1CCC(CSc2ccc(F)c(Cl)c2)O1. The summed E-state index contributed by atoms with van der Waals surface area (Å²) < 4.78 is 18.3. The van der Waals surface area contributed by atoms with Gasteiger partial charge in [0.2, 0.25) is 0 Å². The largest absolute Gasteiger partial charge is 0.479 e. The van der Waals surface area contributed by atoms with E-state index in [-0.39, 0.29) is 11.1 Å². The molecular weight excluding hydrogens is 279 g/mol. The van der Waals surface area contributed by atoms with Crippen molar-refractivity contribution in [1.29, 1.82) is 0 Å². The van der Waals surface area contributed by atoms with Gasteiger partial charge in [-0.3, -0.25) is 0 Å². The summed E-state index contributed by atoms with van der Waals surface area (Å²) in [5.41, 5.74) is 0. The van der Waals surface area contributed by atoms with Crippen molar-refractivity contribution in [3.63, 3.8) is 0 Å². The Labute approximate surface area is 113 Å². The van der Waals surface area contributed by atoms with Crippen LogP contribution in [-0.2, 0) is 9.53 Å². The molecular formula is C12H12ClFO3S. The third-order valence-electron chi connectivity index (χ3n) is 2.71. The molecule has 0 aliphatic carbocycles. The quantitative estimate of drug-likeness (QED) is 0.865. The molecule has 1 N–H and O–H groups in total. The van der Waals surface area contributed by atoms with Gasteiger partial charge in [0.15, 0.2) is 6.10 Å². The Morgan fingerprint density at radius 2 is 2.33 bits per heavy atom. The van der Waals surface area contributed by atoms with E-state index in [1.807, 2.05) is 0 Å². The number of benzene rings is 1. The molecule has 2 unspecified atom stereocenters. The van der Waals surface area contributed by atoms with Gasteiger partial charge >= 0.3 is 5.97 Å². The van der Waals surface area contributed by atoms with Crippen molar-refractivity contribution in [3.8, 4) is 0 Å². The van der Waals surface area contributed by atoms with Gasteiger partial charge in [-0.05, 0) is 31.0 Å². The van der Waals surface area contributed by atoms with Crippen LogP contribution in [0, 0.1) is 5.82 Å². The highest BCUT2D eigenvalue weighted by Gasteiger charge is 2.30. The molecule has 2 rings (SSSR count). The minimum atomic E-state index is -0.910. The number of carboxylic acid groups (broad SMARTS) is 1. The number of hydrogen-bond acceptors (Lipinski definition) is 3. The number of carboxylic acids is 1. The van der Waals surface area contributed by atoms with E-state index in [4.69, 9.17) is 21.4 Å². The van der Waals surface area contributed by atoms with Crippen LogP contribution in [0.3, 0.4) is 0 Å². The van der Waals surface area contributed by atoms with Crippen LogP contribution in [0.25, 0.3) is 0 Å². The first-order valence-corrected chi connectivity index (χ1v) is 6.88. The van der Waals surface area contributed by atoms with E-state index in [0.29, 0.717) is 12.2 Å². The molecule has 1 aromatic rings. The van der Waals surface area contributed by atoms with Crippen LogP contribution < -0.4 is 0 Å². The summed E-state index contributed by atoms with van der Waals surface area (Å²) in [6, 6.07) is 4.53. The number of aliphatic carboxylic acids is 1. The Kier molecular flexibility index (Phi) is 4.48. The van der Waals surface area contributed by atoms with Gasteiger partial charge in [0.05, 0.1) is 11.1 Å². The maximum atomic E-state index is 12.9. The predicted octanol–water partition coefficient (Wildman–Crippen LogP) is 3.20. The Morgan fingerprint density at radius 1 is 1.56 bits per heavy atom. The highest BCUT2D eigenvalue weighted by molar-refractivity contribution is 7.99. The Morgan fingerprint density at radius 3 is 2.94 bits per heavy atom. The first-order chi connectivity index (χ1) is 8.56. The number of thioether (sulfide) groups is 1. The van der Waals surface area contributed by atoms with Crippen LogP contribution in [0.15, 0.2) is 23.1 Å². The summed E-state index contributed by atoms with van der Waals surface area (Å²) in [7, 11) is 0. The maximum absolute atomic E-state index is 12.9. The fraction of sp³-hybridized carbons (Fsp3) is 0.417. The van der Waals surface area contributed by atoms with Crippen molar-refractivity contribution >= 4 is 29.3 Å². The van der Waals surface area contributed by atoms with Crippen LogP contribution in [-0.4, -0.2) is 29.0 Å². The van der Waals surface area contributed by atoms with Crippen molar-refractivity contribution in [2.24, 2.45) is 0 Å². The monoisotopic (exact) mass is 290 g/mol. The van der Waals surface area contributed by atoms with E-state index in [1.54, 1.807) is 12.1 Å². The lowest BCUT2D eigenvalue weighted by atomic mass is 10.2. The zero-order chi connectivity index (χ0) is 13.1. The highest BCUT2D eigenvalue weighted by Crippen LogP contribution is 2.28. The molecule has 0 saturated carbocycles. The fourth-order valence-corrected chi connectivity index (χ4v) is 3.00. The standard InChI is InChI=1S/C12H12ClFO3S/c13-9-5-8(2-3-10(9)14)18-6-7-1-4-11(17-7)12(15)16/h2-3,5,7,11H,1,4,6H2,(H,15,16). The molecule has 0 bridgehead atoms. The van der Waals surface area contributed by atoms with Gasteiger partial charge in [-0.2, -0.15) is 0 Å². The smallest absolute Gasteiger partial charge is 0.332 e. The molecule has 1 aliphatic rings. The van der Waals surface area contributed by atoms with E-state index in [2.05, 4.69) is 0 Å². The van der Waals surface area contributed by atoms with Gasteiger partial charge in [-0.1, -0.05) is 11.6 Å². The summed E-state index contributed by atoms with van der Waals surface area (Å²) in [5.74, 6) is -0.706. The van der Waals surface area contributed by atoms with E-state index in [9.17, 15) is 9.18 Å². The number of halogens is 2. The van der Waals surface area contributed by atoms with Crippen molar-refractivity contribution in [1.82, 2.24) is 0 Å². The van der Waals surface area contributed by atoms with Crippen LogP contribution in [0.1, 0.15) is 12.8 Å². The number of hydrogen-bond donors (Lipinski definition) is 1. The summed E-state index contributed by atoms with van der Waals surface area (Å²) in [5, 5.41) is 8.89. The molecule has 1 heterocycles. The van der Waals surface area contributed by atoms with Crippen molar-refractivity contribution in [2.75, 3.05) is 5.75 Å². The molecule has 1 aliphatic heterocycles. The molecule has 1 saturated heterocycles. The molecule has 3 nitrogen and oxygen atoms in total. The van der Waals surface area contributed by atoms with Gasteiger partial charge in [0.1, 0.15) is 5.82 Å². The molecule has 1 aromatic carbocycles. The third-order valence-corrected chi connectivity index (χ3v) is 4.13. The lowest BCUT2D eigenvalue weighted by Gasteiger charge is -2.10. The zero-order valence-electron chi connectivity index (χ0n) is 9.44. The van der Waals surface area contributed by atoms with Crippen LogP contribution in [0.5, 0.6) is 0 Å². The van der Waals surface area contributed by atoms with Crippen molar-refractivity contribution in [3.05, 3.63) is 29.0 Å².